The van der Waals surface area contributed by atoms with Crippen molar-refractivity contribution in [3.05, 3.63) is 35.4 Å². The van der Waals surface area contributed by atoms with Gasteiger partial charge in [-0.05, 0) is 25.0 Å². The molecule has 0 bridgehead atoms. The fourth-order valence-corrected chi connectivity index (χ4v) is 2.00. The number of carbonyl (C=O) groups is 2. The molecule has 0 saturated heterocycles. The van der Waals surface area contributed by atoms with Crippen LogP contribution in [0.15, 0.2) is 24.3 Å². The van der Waals surface area contributed by atoms with Crippen molar-refractivity contribution in [2.75, 3.05) is 0 Å². The first-order valence-corrected chi connectivity index (χ1v) is 6.40. The minimum absolute atomic E-state index is 0.0682. The third kappa shape index (κ3) is 3.53. The summed E-state index contributed by atoms with van der Waals surface area (Å²) in [6.07, 6.45) is -4.55. The van der Waals surface area contributed by atoms with Crippen molar-refractivity contribution in [3.63, 3.8) is 0 Å². The maximum atomic E-state index is 12.9. The van der Waals surface area contributed by atoms with E-state index in [1.807, 2.05) is 0 Å². The molecule has 0 saturated carbocycles. The highest BCUT2D eigenvalue weighted by Gasteiger charge is 2.39. The van der Waals surface area contributed by atoms with Crippen LogP contribution in [-0.2, 0) is 11.0 Å². The minimum atomic E-state index is -4.68. The Hall–Kier alpha value is -2.05. The zero-order chi connectivity index (χ0) is 16.3. The average molecular weight is 303 g/mol. The van der Waals surface area contributed by atoms with Crippen molar-refractivity contribution < 1.29 is 27.9 Å². The molecule has 0 radical (unpaired) electrons. The fraction of sp³-hybridized carbons (Fsp3) is 0.429. The van der Waals surface area contributed by atoms with Crippen molar-refractivity contribution in [2.24, 2.45) is 0 Å². The third-order valence-electron chi connectivity index (χ3n) is 3.45. The molecule has 1 aromatic rings. The summed E-state index contributed by atoms with van der Waals surface area (Å²) in [6.45, 7) is 3.10. The number of alkyl halides is 3. The summed E-state index contributed by atoms with van der Waals surface area (Å²) in [6, 6.07) is 4.28. The predicted molar refractivity (Wildman–Crippen MR) is 69.9 cm³/mol. The molecule has 0 aliphatic heterocycles. The Morgan fingerprint density at radius 2 is 1.67 bits per heavy atom. The van der Waals surface area contributed by atoms with Crippen molar-refractivity contribution in [1.29, 1.82) is 0 Å². The van der Waals surface area contributed by atoms with Gasteiger partial charge < -0.3 is 10.4 Å². The van der Waals surface area contributed by atoms with E-state index in [2.05, 4.69) is 5.32 Å². The first kappa shape index (κ1) is 17.0. The Morgan fingerprint density at radius 3 is 2.10 bits per heavy atom. The molecule has 4 nitrogen and oxygen atoms in total. The second-order valence-corrected chi connectivity index (χ2v) is 4.59. The summed E-state index contributed by atoms with van der Waals surface area (Å²) < 4.78 is 38.6. The Balaban J connectivity index is 3.19. The molecule has 0 aliphatic rings. The molecule has 0 atom stereocenters. The van der Waals surface area contributed by atoms with E-state index in [0.717, 1.165) is 12.1 Å². The Kier molecular flexibility index (Phi) is 4.98. The smallest absolute Gasteiger partial charge is 0.417 e. The van der Waals surface area contributed by atoms with Crippen LogP contribution in [0, 0.1) is 0 Å². The number of aliphatic carboxylic acids is 1. The van der Waals surface area contributed by atoms with Crippen LogP contribution in [0.5, 0.6) is 0 Å². The maximum Gasteiger partial charge on any atom is 0.417 e. The highest BCUT2D eigenvalue weighted by Crippen LogP contribution is 2.32. The van der Waals surface area contributed by atoms with Crippen molar-refractivity contribution in [2.45, 2.75) is 38.4 Å². The molecule has 0 unspecified atom stereocenters. The van der Waals surface area contributed by atoms with Gasteiger partial charge in [-0.15, -0.1) is 0 Å². The molecule has 0 spiro atoms. The van der Waals surface area contributed by atoms with Crippen LogP contribution in [0.2, 0.25) is 0 Å². The van der Waals surface area contributed by atoms with Crippen molar-refractivity contribution in [3.8, 4) is 0 Å². The molecule has 1 aromatic carbocycles. The number of carboxylic acid groups (broad SMARTS) is 1. The van der Waals surface area contributed by atoms with Gasteiger partial charge in [0.15, 0.2) is 0 Å². The van der Waals surface area contributed by atoms with Crippen LogP contribution in [0.4, 0.5) is 13.2 Å². The van der Waals surface area contributed by atoms with Gasteiger partial charge in [-0.1, -0.05) is 26.0 Å². The Bertz CT molecular complexity index is 537. The minimum Gasteiger partial charge on any atom is -0.480 e. The second kappa shape index (κ2) is 6.15. The lowest BCUT2D eigenvalue weighted by Gasteiger charge is -2.28. The van der Waals surface area contributed by atoms with Gasteiger partial charge in [0.05, 0.1) is 11.1 Å². The van der Waals surface area contributed by atoms with Gasteiger partial charge >= 0.3 is 12.1 Å². The molecule has 2 N–H and O–H groups in total. The lowest BCUT2D eigenvalue weighted by Crippen LogP contribution is -2.54. The monoisotopic (exact) mass is 303 g/mol. The number of benzene rings is 1. The molecule has 1 rings (SSSR count). The van der Waals surface area contributed by atoms with Gasteiger partial charge in [0.25, 0.3) is 5.91 Å². The van der Waals surface area contributed by atoms with Crippen LogP contribution < -0.4 is 5.32 Å². The standard InChI is InChI=1S/C14H16F3NO3/c1-3-13(4-2,12(20)21)18-11(19)9-7-5-6-8-10(9)14(15,16)17/h5-8H,3-4H2,1-2H3,(H,18,19)(H,20,21). The summed E-state index contributed by atoms with van der Waals surface area (Å²) in [5, 5.41) is 11.4. The van der Waals surface area contributed by atoms with E-state index in [1.165, 1.54) is 12.1 Å². The highest BCUT2D eigenvalue weighted by molar-refractivity contribution is 5.99. The fourth-order valence-electron chi connectivity index (χ4n) is 2.00. The molecule has 0 aromatic heterocycles. The number of hydrogen-bond donors (Lipinski definition) is 2. The maximum absolute atomic E-state index is 12.9. The summed E-state index contributed by atoms with van der Waals surface area (Å²) >= 11 is 0. The second-order valence-electron chi connectivity index (χ2n) is 4.59. The summed E-state index contributed by atoms with van der Waals surface area (Å²) in [5.41, 5.74) is -3.25. The number of halogens is 3. The van der Waals surface area contributed by atoms with Crippen LogP contribution in [0.3, 0.4) is 0 Å². The van der Waals surface area contributed by atoms with Crippen LogP contribution in [0.1, 0.15) is 42.6 Å². The van der Waals surface area contributed by atoms with E-state index < -0.39 is 34.7 Å². The van der Waals surface area contributed by atoms with E-state index in [4.69, 9.17) is 0 Å². The first-order valence-electron chi connectivity index (χ1n) is 6.40. The SMILES string of the molecule is CCC(CC)(NC(=O)c1ccccc1C(F)(F)F)C(=O)O. The van der Waals surface area contributed by atoms with Crippen LogP contribution in [-0.4, -0.2) is 22.5 Å². The predicted octanol–water partition coefficient (Wildman–Crippen LogP) is 3.08. The molecule has 0 fully saturated rings. The van der Waals surface area contributed by atoms with E-state index in [-0.39, 0.29) is 12.8 Å². The number of amides is 1. The molecule has 1 amide bonds. The van der Waals surface area contributed by atoms with E-state index in [1.54, 1.807) is 13.8 Å². The van der Waals surface area contributed by atoms with E-state index in [9.17, 15) is 27.9 Å². The van der Waals surface area contributed by atoms with Gasteiger partial charge in [-0.2, -0.15) is 13.2 Å². The highest BCUT2D eigenvalue weighted by atomic mass is 19.4. The van der Waals surface area contributed by atoms with Gasteiger partial charge in [0, 0.05) is 0 Å². The molecular weight excluding hydrogens is 287 g/mol. The molecular formula is C14H16F3NO3. The normalized spacial score (nSPS) is 12.0. The zero-order valence-corrected chi connectivity index (χ0v) is 11.6. The summed E-state index contributed by atoms with van der Waals surface area (Å²) in [4.78, 5) is 23.4. The van der Waals surface area contributed by atoms with Gasteiger partial charge in [-0.3, -0.25) is 4.79 Å². The largest absolute Gasteiger partial charge is 0.480 e. The molecule has 0 heterocycles. The first-order chi connectivity index (χ1) is 9.68. The molecule has 21 heavy (non-hydrogen) atoms. The quantitative estimate of drug-likeness (QED) is 0.878. The molecule has 7 heteroatoms. The van der Waals surface area contributed by atoms with E-state index in [0.29, 0.717) is 0 Å². The Morgan fingerprint density at radius 1 is 1.14 bits per heavy atom. The van der Waals surface area contributed by atoms with Crippen molar-refractivity contribution in [1.82, 2.24) is 5.32 Å². The number of carboxylic acids is 1. The number of rotatable bonds is 5. The van der Waals surface area contributed by atoms with E-state index >= 15 is 0 Å². The lowest BCUT2D eigenvalue weighted by atomic mass is 9.92. The van der Waals surface area contributed by atoms with Gasteiger partial charge in [0.1, 0.15) is 5.54 Å². The van der Waals surface area contributed by atoms with Gasteiger partial charge in [0.2, 0.25) is 0 Å². The molecule has 116 valence electrons. The Labute approximate surface area is 120 Å². The van der Waals surface area contributed by atoms with Gasteiger partial charge in [-0.25, -0.2) is 4.79 Å². The average Bonchev–Trinajstić information content (AvgIpc) is 2.43. The lowest BCUT2D eigenvalue weighted by molar-refractivity contribution is -0.144. The zero-order valence-electron chi connectivity index (χ0n) is 11.6. The number of hydrogen-bond acceptors (Lipinski definition) is 2. The van der Waals surface area contributed by atoms with Crippen LogP contribution >= 0.6 is 0 Å². The third-order valence-corrected chi connectivity index (χ3v) is 3.45. The topological polar surface area (TPSA) is 66.4 Å². The summed E-state index contributed by atoms with van der Waals surface area (Å²) in [5.74, 6) is -2.32. The number of carbonyl (C=O) groups excluding carboxylic acids is 1. The molecule has 0 aliphatic carbocycles. The number of nitrogens with one attached hydrogen (secondary N) is 1. The van der Waals surface area contributed by atoms with Crippen molar-refractivity contribution >= 4 is 11.9 Å². The summed E-state index contributed by atoms with van der Waals surface area (Å²) in [7, 11) is 0. The van der Waals surface area contributed by atoms with Crippen LogP contribution in [0.25, 0.3) is 0 Å².